The highest BCUT2D eigenvalue weighted by Gasteiger charge is 2.50. The topological polar surface area (TPSA) is 51.0 Å². The van der Waals surface area contributed by atoms with Crippen molar-refractivity contribution in [3.8, 4) is 5.69 Å². The third kappa shape index (κ3) is 4.17. The number of fused-ring (bicyclic) bond motifs is 2. The van der Waals surface area contributed by atoms with Crippen LogP contribution in [-0.4, -0.2) is 20.6 Å². The number of alkyl halides is 6. The van der Waals surface area contributed by atoms with Crippen molar-refractivity contribution in [2.24, 2.45) is 5.92 Å². The molecule has 2 bridgehead atoms. The van der Waals surface area contributed by atoms with Crippen LogP contribution in [-0.2, 0) is 12.4 Å². The molecule has 2 aromatic heterocycles. The molecule has 1 saturated carbocycles. The normalized spacial score (nSPS) is 22.1. The Morgan fingerprint density at radius 1 is 0.943 bits per heavy atom. The summed E-state index contributed by atoms with van der Waals surface area (Å²) in [5.74, 6) is -0.254. The molecule has 1 saturated heterocycles. The van der Waals surface area contributed by atoms with Crippen LogP contribution in [0.25, 0.3) is 5.69 Å². The van der Waals surface area contributed by atoms with Crippen LogP contribution < -0.4 is 10.5 Å². The molecule has 35 heavy (non-hydrogen) atoms. The zero-order valence-electron chi connectivity index (χ0n) is 18.4. The summed E-state index contributed by atoms with van der Waals surface area (Å²) in [6, 6.07) is 7.99. The van der Waals surface area contributed by atoms with Crippen molar-refractivity contribution in [3.63, 3.8) is 0 Å². The first kappa shape index (κ1) is 23.4. The van der Waals surface area contributed by atoms with Gasteiger partial charge in [0.05, 0.1) is 17.3 Å². The molecule has 2 aliphatic rings. The monoisotopic (exact) mass is 494 g/mol. The van der Waals surface area contributed by atoms with Gasteiger partial charge in [-0.2, -0.15) is 26.3 Å². The first-order valence-electron chi connectivity index (χ1n) is 11.0. The lowest BCUT2D eigenvalue weighted by Crippen LogP contribution is -2.39. The van der Waals surface area contributed by atoms with Gasteiger partial charge in [-0.25, -0.2) is 9.97 Å². The van der Waals surface area contributed by atoms with E-state index in [1.807, 2.05) is 6.92 Å². The maximum atomic E-state index is 13.5. The second kappa shape index (κ2) is 8.10. The Morgan fingerprint density at radius 2 is 1.66 bits per heavy atom. The number of anilines is 1. The summed E-state index contributed by atoms with van der Waals surface area (Å²) < 4.78 is 82.4. The van der Waals surface area contributed by atoms with Gasteiger partial charge in [0.25, 0.3) is 5.56 Å². The molecule has 1 aromatic carbocycles. The summed E-state index contributed by atoms with van der Waals surface area (Å²) in [7, 11) is 0. The third-order valence-corrected chi connectivity index (χ3v) is 6.71. The van der Waals surface area contributed by atoms with Gasteiger partial charge >= 0.3 is 12.4 Å². The van der Waals surface area contributed by atoms with E-state index in [1.54, 1.807) is 24.3 Å². The van der Waals surface area contributed by atoms with Gasteiger partial charge < -0.3 is 4.90 Å². The molecular weight excluding hydrogens is 474 g/mol. The highest BCUT2D eigenvalue weighted by Crippen LogP contribution is 2.52. The second-order valence-electron chi connectivity index (χ2n) is 8.99. The van der Waals surface area contributed by atoms with Crippen LogP contribution in [0.3, 0.4) is 0 Å². The molecule has 2 fully saturated rings. The highest BCUT2D eigenvalue weighted by molar-refractivity contribution is 5.50. The molecule has 1 aliphatic carbocycles. The van der Waals surface area contributed by atoms with E-state index in [-0.39, 0.29) is 23.9 Å². The second-order valence-corrected chi connectivity index (χ2v) is 8.99. The molecule has 3 heterocycles. The Labute approximate surface area is 196 Å². The minimum atomic E-state index is -5.06. The number of aromatic nitrogens is 3. The van der Waals surface area contributed by atoms with E-state index in [2.05, 4.69) is 9.97 Å². The maximum Gasteiger partial charge on any atom is 0.433 e. The molecular formula is C24H20F6N4O. The number of hydrogen-bond donors (Lipinski definition) is 0. The van der Waals surface area contributed by atoms with E-state index >= 15 is 0 Å². The number of hydrogen-bond acceptors (Lipinski definition) is 4. The van der Waals surface area contributed by atoms with Crippen LogP contribution in [0, 0.1) is 12.8 Å². The first-order valence-corrected chi connectivity index (χ1v) is 11.0. The van der Waals surface area contributed by atoms with Gasteiger partial charge in [0.2, 0.25) is 0 Å². The Hall–Kier alpha value is -3.37. The van der Waals surface area contributed by atoms with E-state index in [4.69, 9.17) is 0 Å². The predicted octanol–water partition coefficient (Wildman–Crippen LogP) is 5.70. The van der Waals surface area contributed by atoms with Crippen LogP contribution in [0.5, 0.6) is 0 Å². The minimum absolute atomic E-state index is 0.0236. The largest absolute Gasteiger partial charge is 0.433 e. The minimum Gasteiger partial charge on any atom is -0.343 e. The van der Waals surface area contributed by atoms with Gasteiger partial charge in [-0.1, -0.05) is 17.7 Å². The lowest BCUT2D eigenvalue weighted by Gasteiger charge is -2.37. The Balaban J connectivity index is 1.69. The number of benzene rings is 1. The summed E-state index contributed by atoms with van der Waals surface area (Å²) in [4.78, 5) is 22.4. The molecule has 11 heteroatoms. The maximum absolute atomic E-state index is 13.5. The number of halogens is 6. The van der Waals surface area contributed by atoms with Gasteiger partial charge in [-0.15, -0.1) is 0 Å². The van der Waals surface area contributed by atoms with Gasteiger partial charge in [-0.05, 0) is 56.4 Å². The quantitative estimate of drug-likeness (QED) is 0.438. The number of nitrogens with zero attached hydrogens (tertiary/aromatic N) is 4. The van der Waals surface area contributed by atoms with Crippen molar-refractivity contribution < 1.29 is 26.3 Å². The average molecular weight is 494 g/mol. The number of aryl methyl sites for hydroxylation is 1. The summed E-state index contributed by atoms with van der Waals surface area (Å²) in [5, 5.41) is 0. The van der Waals surface area contributed by atoms with Gasteiger partial charge in [0.15, 0.2) is 0 Å². The Bertz CT molecular complexity index is 1280. The highest BCUT2D eigenvalue weighted by atomic mass is 19.4. The van der Waals surface area contributed by atoms with Gasteiger partial charge in [0.1, 0.15) is 17.3 Å². The molecule has 3 atom stereocenters. The Kier molecular flexibility index (Phi) is 5.41. The summed E-state index contributed by atoms with van der Waals surface area (Å²) in [6.45, 7) is 1.88. The van der Waals surface area contributed by atoms with Crippen molar-refractivity contribution in [2.45, 2.75) is 50.6 Å². The first-order chi connectivity index (χ1) is 16.4. The zero-order valence-corrected chi connectivity index (χ0v) is 18.4. The Morgan fingerprint density at radius 3 is 2.31 bits per heavy atom. The number of piperidine rings is 1. The molecule has 0 N–H and O–H groups in total. The number of pyridine rings is 1. The van der Waals surface area contributed by atoms with E-state index in [0.29, 0.717) is 24.6 Å². The van der Waals surface area contributed by atoms with Crippen molar-refractivity contribution in [1.29, 1.82) is 0 Å². The van der Waals surface area contributed by atoms with Crippen LogP contribution in [0.2, 0.25) is 0 Å². The molecule has 0 unspecified atom stereocenters. The molecule has 0 amide bonds. The number of rotatable bonds is 3. The van der Waals surface area contributed by atoms with Crippen LogP contribution in [0.4, 0.5) is 32.2 Å². The molecule has 5 nitrogen and oxygen atoms in total. The van der Waals surface area contributed by atoms with Gasteiger partial charge in [-0.3, -0.25) is 9.36 Å². The molecule has 3 aromatic rings. The molecule has 1 aliphatic heterocycles. The van der Waals surface area contributed by atoms with E-state index in [9.17, 15) is 31.1 Å². The van der Waals surface area contributed by atoms with Crippen LogP contribution in [0.15, 0.2) is 53.5 Å². The third-order valence-electron chi connectivity index (χ3n) is 6.71. The lowest BCUT2D eigenvalue weighted by atomic mass is 9.97. The van der Waals surface area contributed by atoms with Crippen molar-refractivity contribution in [2.75, 3.05) is 4.90 Å². The predicted molar refractivity (Wildman–Crippen MR) is 115 cm³/mol. The lowest BCUT2D eigenvalue weighted by molar-refractivity contribution is -0.145. The van der Waals surface area contributed by atoms with E-state index in [0.717, 1.165) is 12.0 Å². The van der Waals surface area contributed by atoms with Crippen LogP contribution in [0.1, 0.15) is 47.9 Å². The zero-order chi connectivity index (χ0) is 25.1. The molecule has 184 valence electrons. The summed E-state index contributed by atoms with van der Waals surface area (Å²) in [5.41, 5.74) is -1.95. The van der Waals surface area contributed by atoms with Crippen molar-refractivity contribution >= 4 is 5.82 Å². The SMILES string of the molecule is Cc1ccc(-n2c([C@@H]3[C@H]4CC[C@H](C4)N3c3cc(C(F)(F)F)cc(C(F)(F)F)n3)nccc2=O)cc1. The van der Waals surface area contributed by atoms with Crippen molar-refractivity contribution in [3.05, 3.63) is 81.7 Å². The van der Waals surface area contributed by atoms with E-state index < -0.39 is 41.0 Å². The molecule has 0 radical (unpaired) electrons. The average Bonchev–Trinajstić information content (AvgIpc) is 3.40. The molecule has 5 rings (SSSR count). The smallest absolute Gasteiger partial charge is 0.343 e. The van der Waals surface area contributed by atoms with E-state index in [1.165, 1.54) is 21.7 Å². The fourth-order valence-electron chi connectivity index (χ4n) is 5.19. The fraction of sp³-hybridized carbons (Fsp3) is 0.375. The standard InChI is InChI=1S/C24H20F6N4O/c1-13-2-5-16(6-3-13)34-20(35)8-9-31-22(34)21-14-4-7-17(10-14)33(21)19-12-15(23(25,26)27)11-18(32-19)24(28,29)30/h2-3,5-6,8-9,11-12,14,17,21H,4,7,10H2,1H3/t14-,17+,21-/m0/s1. The van der Waals surface area contributed by atoms with Crippen LogP contribution >= 0.6 is 0 Å². The summed E-state index contributed by atoms with van der Waals surface area (Å²) >= 11 is 0. The van der Waals surface area contributed by atoms with Crippen molar-refractivity contribution in [1.82, 2.24) is 14.5 Å². The van der Waals surface area contributed by atoms with Gasteiger partial charge in [0, 0.05) is 18.3 Å². The molecule has 0 spiro atoms. The summed E-state index contributed by atoms with van der Waals surface area (Å²) in [6.07, 6.45) is -6.85. The fourth-order valence-corrected chi connectivity index (χ4v) is 5.19.